The summed E-state index contributed by atoms with van der Waals surface area (Å²) >= 11 is 0. The zero-order valence-electron chi connectivity index (χ0n) is 26.7. The predicted octanol–water partition coefficient (Wildman–Crippen LogP) is 7.19. The lowest BCUT2D eigenvalue weighted by Gasteiger charge is -2.22. The van der Waals surface area contributed by atoms with E-state index in [1.54, 1.807) is 25.7 Å². The van der Waals surface area contributed by atoms with Crippen molar-refractivity contribution in [2.24, 2.45) is 0 Å². The minimum absolute atomic E-state index is 0.0509. The fraction of sp³-hybridized carbons (Fsp3) is 0.647. The van der Waals surface area contributed by atoms with Crippen molar-refractivity contribution < 1.29 is 33.4 Å². The number of rotatable bonds is 25. The number of allylic oxidation sites excluding steroid dienone is 1. The number of amides is 1. The first kappa shape index (κ1) is 38.8. The van der Waals surface area contributed by atoms with Crippen LogP contribution in [0.25, 0.3) is 0 Å². The normalized spacial score (nSPS) is 11.5. The quantitative estimate of drug-likeness (QED) is 0.0365. The highest BCUT2D eigenvalue weighted by atomic mass is 16.5. The second-order valence-electron chi connectivity index (χ2n) is 10.9. The van der Waals surface area contributed by atoms with E-state index in [4.69, 9.17) is 14.2 Å². The molecule has 0 rings (SSSR count). The molecule has 0 aromatic heterocycles. The van der Waals surface area contributed by atoms with Gasteiger partial charge in [0.25, 0.3) is 0 Å². The van der Waals surface area contributed by atoms with Gasteiger partial charge in [-0.25, -0.2) is 14.4 Å². The molecule has 1 unspecified atom stereocenters. The molecule has 42 heavy (non-hydrogen) atoms. The van der Waals surface area contributed by atoms with Gasteiger partial charge >= 0.3 is 17.9 Å². The van der Waals surface area contributed by atoms with Crippen LogP contribution in [0, 0.1) is 0 Å². The average molecular weight is 590 g/mol. The molecule has 8 heteroatoms. The van der Waals surface area contributed by atoms with Crippen LogP contribution >= 0.6 is 0 Å². The van der Waals surface area contributed by atoms with Gasteiger partial charge in [-0.05, 0) is 52.9 Å². The topological polar surface area (TPSA) is 99.2 Å². The van der Waals surface area contributed by atoms with Gasteiger partial charge in [0.05, 0.1) is 13.1 Å². The lowest BCUT2D eigenvalue weighted by Crippen LogP contribution is -2.37. The second kappa shape index (κ2) is 24.4. The molecule has 0 aliphatic rings. The van der Waals surface area contributed by atoms with E-state index >= 15 is 0 Å². The van der Waals surface area contributed by atoms with E-state index in [9.17, 15) is 19.2 Å². The van der Waals surface area contributed by atoms with Crippen LogP contribution in [0.1, 0.15) is 111 Å². The fourth-order valence-electron chi connectivity index (χ4n) is 3.97. The van der Waals surface area contributed by atoms with Crippen molar-refractivity contribution in [3.05, 3.63) is 48.6 Å². The van der Waals surface area contributed by atoms with Gasteiger partial charge in [0, 0.05) is 29.6 Å². The summed E-state index contributed by atoms with van der Waals surface area (Å²) in [5.74, 6) is -1.38. The summed E-state index contributed by atoms with van der Waals surface area (Å²) in [6.07, 6.45) is 16.6. The average Bonchev–Trinajstić information content (AvgIpc) is 2.94. The van der Waals surface area contributed by atoms with E-state index in [2.05, 4.69) is 38.8 Å². The molecule has 0 saturated carbocycles. The third-order valence-electron chi connectivity index (χ3n) is 6.57. The summed E-state index contributed by atoms with van der Waals surface area (Å²) in [5, 5.41) is 0. The van der Waals surface area contributed by atoms with Crippen LogP contribution < -0.4 is 0 Å². The predicted molar refractivity (Wildman–Crippen MR) is 168 cm³/mol. The Morgan fingerprint density at radius 2 is 1.21 bits per heavy atom. The third kappa shape index (κ3) is 20.7. The highest BCUT2D eigenvalue weighted by Gasteiger charge is 2.16. The summed E-state index contributed by atoms with van der Waals surface area (Å²) in [6.45, 7) is 18.3. The molecular formula is C34H55NO7. The number of unbranched alkanes of at least 4 members (excludes halogenated alkanes) is 8. The van der Waals surface area contributed by atoms with E-state index in [0.29, 0.717) is 23.1 Å². The van der Waals surface area contributed by atoms with Crippen LogP contribution in [0.2, 0.25) is 0 Å². The van der Waals surface area contributed by atoms with E-state index < -0.39 is 11.9 Å². The van der Waals surface area contributed by atoms with Gasteiger partial charge in [0.1, 0.15) is 19.3 Å². The number of hydrogen-bond acceptors (Lipinski definition) is 7. The van der Waals surface area contributed by atoms with Gasteiger partial charge in [-0.1, -0.05) is 77.3 Å². The van der Waals surface area contributed by atoms with Crippen LogP contribution in [-0.4, -0.2) is 61.1 Å². The molecule has 0 saturated heterocycles. The van der Waals surface area contributed by atoms with Crippen molar-refractivity contribution in [2.75, 3.05) is 26.3 Å². The lowest BCUT2D eigenvalue weighted by atomic mass is 10.1. The molecule has 0 heterocycles. The standard InChI is InChI=1S/C34H55NO7/c1-8-9-10-17-20-30(42-34(39)29(6)7)21-18-15-13-11-12-14-16-19-22-31(36)35(23-25-40-32(37)27(2)3)24-26-41-33(38)28(4)5/h15,18,30H,2,4,6,8-14,16-17,19-26H2,1,3,5,7H3/b18-15+. The molecule has 8 nitrogen and oxygen atoms in total. The Morgan fingerprint density at radius 1 is 0.690 bits per heavy atom. The number of nitrogens with zero attached hydrogens (tertiary/aromatic N) is 1. The number of ether oxygens (including phenoxy) is 3. The molecule has 0 radical (unpaired) electrons. The van der Waals surface area contributed by atoms with Gasteiger partial charge in [0.15, 0.2) is 0 Å². The van der Waals surface area contributed by atoms with Crippen LogP contribution in [0.3, 0.4) is 0 Å². The summed E-state index contributed by atoms with van der Waals surface area (Å²) in [6, 6.07) is 0. The largest absolute Gasteiger partial charge is 0.460 e. The minimum Gasteiger partial charge on any atom is -0.460 e. The molecule has 0 aromatic rings. The van der Waals surface area contributed by atoms with Crippen molar-refractivity contribution >= 4 is 23.8 Å². The molecule has 1 amide bonds. The zero-order valence-corrected chi connectivity index (χ0v) is 26.7. The molecule has 0 aromatic carbocycles. The first-order valence-electron chi connectivity index (χ1n) is 15.4. The van der Waals surface area contributed by atoms with Crippen molar-refractivity contribution in [2.45, 2.75) is 117 Å². The smallest absolute Gasteiger partial charge is 0.333 e. The molecule has 0 aliphatic heterocycles. The van der Waals surface area contributed by atoms with Gasteiger partial charge in [-0.3, -0.25) is 4.79 Å². The van der Waals surface area contributed by atoms with E-state index in [1.807, 2.05) is 0 Å². The lowest BCUT2D eigenvalue weighted by molar-refractivity contribution is -0.145. The van der Waals surface area contributed by atoms with Crippen LogP contribution in [0.5, 0.6) is 0 Å². The monoisotopic (exact) mass is 589 g/mol. The number of esters is 3. The van der Waals surface area contributed by atoms with Crippen molar-refractivity contribution in [1.82, 2.24) is 4.90 Å². The number of carbonyl (C=O) groups excluding carboxylic acids is 4. The van der Waals surface area contributed by atoms with E-state index in [0.717, 1.165) is 64.2 Å². The Hall–Kier alpha value is -3.16. The van der Waals surface area contributed by atoms with Crippen LogP contribution in [-0.2, 0) is 33.4 Å². The van der Waals surface area contributed by atoms with Crippen molar-refractivity contribution in [1.29, 1.82) is 0 Å². The number of hydrogen-bond donors (Lipinski definition) is 0. The third-order valence-corrected chi connectivity index (χ3v) is 6.57. The molecule has 1 atom stereocenters. The van der Waals surface area contributed by atoms with Gasteiger partial charge in [-0.2, -0.15) is 0 Å². The summed E-state index contributed by atoms with van der Waals surface area (Å²) < 4.78 is 15.9. The SMILES string of the molecule is C=C(C)C(=O)OCCN(CCOC(=O)C(=C)C)C(=O)CCCCCCC/C=C/CC(CCCCCC)OC(=O)C(=C)C. The summed E-state index contributed by atoms with van der Waals surface area (Å²) in [4.78, 5) is 49.6. The fourth-order valence-corrected chi connectivity index (χ4v) is 3.97. The Labute approximate surface area is 254 Å². The Bertz CT molecular complexity index is 874. The molecule has 0 N–H and O–H groups in total. The van der Waals surface area contributed by atoms with Gasteiger partial charge < -0.3 is 19.1 Å². The van der Waals surface area contributed by atoms with Gasteiger partial charge in [0.2, 0.25) is 5.91 Å². The first-order valence-corrected chi connectivity index (χ1v) is 15.4. The molecule has 0 spiro atoms. The second-order valence-corrected chi connectivity index (χ2v) is 10.9. The summed E-state index contributed by atoms with van der Waals surface area (Å²) in [5.41, 5.74) is 1.02. The Morgan fingerprint density at radius 3 is 1.76 bits per heavy atom. The van der Waals surface area contributed by atoms with Crippen molar-refractivity contribution in [3.63, 3.8) is 0 Å². The van der Waals surface area contributed by atoms with Gasteiger partial charge in [-0.15, -0.1) is 0 Å². The van der Waals surface area contributed by atoms with Crippen LogP contribution in [0.4, 0.5) is 0 Å². The maximum absolute atomic E-state index is 12.8. The molecule has 0 fully saturated rings. The van der Waals surface area contributed by atoms with Crippen LogP contribution in [0.15, 0.2) is 48.6 Å². The zero-order chi connectivity index (χ0) is 31.8. The maximum Gasteiger partial charge on any atom is 0.333 e. The van der Waals surface area contributed by atoms with E-state index in [-0.39, 0.29) is 44.3 Å². The van der Waals surface area contributed by atoms with E-state index in [1.165, 1.54) is 12.8 Å². The Kier molecular flexibility index (Phi) is 22.6. The molecular weight excluding hydrogens is 534 g/mol. The highest BCUT2D eigenvalue weighted by molar-refractivity contribution is 5.87. The summed E-state index contributed by atoms with van der Waals surface area (Å²) in [7, 11) is 0. The number of carbonyl (C=O) groups is 4. The Balaban J connectivity index is 4.38. The maximum atomic E-state index is 12.8. The first-order chi connectivity index (χ1) is 20.0. The molecule has 238 valence electrons. The molecule has 0 aliphatic carbocycles. The highest BCUT2D eigenvalue weighted by Crippen LogP contribution is 2.15. The minimum atomic E-state index is -0.501. The van der Waals surface area contributed by atoms with Crippen molar-refractivity contribution in [3.8, 4) is 0 Å². The molecule has 0 bridgehead atoms.